The molecule has 1 aliphatic rings. The molecule has 1 saturated heterocycles. The third-order valence-corrected chi connectivity index (χ3v) is 4.11. The van der Waals surface area contributed by atoms with Gasteiger partial charge in [0.15, 0.2) is 0 Å². The van der Waals surface area contributed by atoms with E-state index in [1.807, 2.05) is 0 Å². The lowest BCUT2D eigenvalue weighted by molar-refractivity contribution is -0.131. The molecule has 1 atom stereocenters. The van der Waals surface area contributed by atoms with Gasteiger partial charge in [-0.15, -0.1) is 0 Å². The Morgan fingerprint density at radius 3 is 2.78 bits per heavy atom. The lowest BCUT2D eigenvalue weighted by atomic mass is 10.1. The van der Waals surface area contributed by atoms with E-state index in [0.717, 1.165) is 0 Å². The van der Waals surface area contributed by atoms with E-state index in [2.05, 4.69) is 4.72 Å². The van der Waals surface area contributed by atoms with E-state index in [0.29, 0.717) is 6.61 Å². The zero-order valence-electron chi connectivity index (χ0n) is 11.0. The Balaban J connectivity index is 2.68. The first kappa shape index (κ1) is 15.8. The summed E-state index contributed by atoms with van der Waals surface area (Å²) < 4.78 is 38.2. The lowest BCUT2D eigenvalue weighted by Gasteiger charge is -2.41. The predicted octanol–water partition coefficient (Wildman–Crippen LogP) is -1.06. The van der Waals surface area contributed by atoms with Gasteiger partial charge in [0.1, 0.15) is 0 Å². The van der Waals surface area contributed by atoms with Gasteiger partial charge in [0, 0.05) is 26.7 Å². The Labute approximate surface area is 108 Å². The van der Waals surface area contributed by atoms with Crippen molar-refractivity contribution < 1.29 is 23.0 Å². The zero-order chi connectivity index (χ0) is 13.8. The fourth-order valence-electron chi connectivity index (χ4n) is 1.88. The second-order valence-corrected chi connectivity index (χ2v) is 6.62. The molecule has 0 aromatic rings. The van der Waals surface area contributed by atoms with Crippen molar-refractivity contribution in [2.24, 2.45) is 0 Å². The molecule has 2 N–H and O–H groups in total. The molecule has 0 aliphatic carbocycles. The molecule has 0 bridgehead atoms. The molecule has 18 heavy (non-hydrogen) atoms. The summed E-state index contributed by atoms with van der Waals surface area (Å²) >= 11 is 0. The first-order valence-corrected chi connectivity index (χ1v) is 7.27. The molecule has 1 aliphatic heterocycles. The second kappa shape index (κ2) is 6.27. The maximum absolute atomic E-state index is 12.0. The Morgan fingerprint density at radius 1 is 1.56 bits per heavy atom. The van der Waals surface area contributed by atoms with Crippen LogP contribution in [0.3, 0.4) is 0 Å². The van der Waals surface area contributed by atoms with E-state index < -0.39 is 21.9 Å². The fraction of sp³-hybridized carbons (Fsp3) is 1.00. The summed E-state index contributed by atoms with van der Waals surface area (Å²) in [6, 6.07) is 0. The minimum Gasteiger partial charge on any atom is -0.394 e. The van der Waals surface area contributed by atoms with Crippen LogP contribution in [0.15, 0.2) is 0 Å². The van der Waals surface area contributed by atoms with Crippen molar-refractivity contribution in [2.45, 2.75) is 25.6 Å². The van der Waals surface area contributed by atoms with Gasteiger partial charge < -0.3 is 14.6 Å². The summed E-state index contributed by atoms with van der Waals surface area (Å²) in [4.78, 5) is 0. The van der Waals surface area contributed by atoms with Gasteiger partial charge in [-0.2, -0.15) is 17.4 Å². The first-order chi connectivity index (χ1) is 8.30. The standard InChI is InChI=1S/C10H22N2O5S/c1-10(2)8-12(6-9(7-13)17-10)18(14,15)11-4-5-16-3/h9,11,13H,4-8H2,1-3H3. The highest BCUT2D eigenvalue weighted by Crippen LogP contribution is 2.22. The lowest BCUT2D eigenvalue weighted by Crippen LogP contribution is -2.57. The van der Waals surface area contributed by atoms with Crippen LogP contribution in [0.5, 0.6) is 0 Å². The molecule has 7 nitrogen and oxygen atoms in total. The summed E-state index contributed by atoms with van der Waals surface area (Å²) in [5.41, 5.74) is -0.609. The number of hydrogen-bond acceptors (Lipinski definition) is 5. The maximum atomic E-state index is 12.0. The Morgan fingerprint density at radius 2 is 2.22 bits per heavy atom. The number of methoxy groups -OCH3 is 1. The number of morpholine rings is 1. The number of nitrogens with one attached hydrogen (secondary N) is 1. The summed E-state index contributed by atoms with van der Waals surface area (Å²) in [6.45, 7) is 4.34. The van der Waals surface area contributed by atoms with Gasteiger partial charge in [-0.05, 0) is 13.8 Å². The minimum absolute atomic E-state index is 0.155. The first-order valence-electron chi connectivity index (χ1n) is 5.83. The molecule has 0 aromatic heterocycles. The smallest absolute Gasteiger partial charge is 0.279 e. The van der Waals surface area contributed by atoms with Crippen LogP contribution in [-0.2, 0) is 19.7 Å². The van der Waals surface area contributed by atoms with E-state index in [9.17, 15) is 8.42 Å². The summed E-state index contributed by atoms with van der Waals surface area (Å²) in [5, 5.41) is 9.13. The number of rotatable bonds is 6. The van der Waals surface area contributed by atoms with Gasteiger partial charge in [-0.3, -0.25) is 0 Å². The average molecular weight is 282 g/mol. The second-order valence-electron chi connectivity index (χ2n) is 4.87. The largest absolute Gasteiger partial charge is 0.394 e. The Kier molecular flexibility index (Phi) is 5.50. The monoisotopic (exact) mass is 282 g/mol. The van der Waals surface area contributed by atoms with Crippen molar-refractivity contribution >= 4 is 10.2 Å². The van der Waals surface area contributed by atoms with Crippen LogP contribution in [0.1, 0.15) is 13.8 Å². The van der Waals surface area contributed by atoms with Crippen LogP contribution in [0.25, 0.3) is 0 Å². The van der Waals surface area contributed by atoms with Gasteiger partial charge in [0.05, 0.1) is 24.9 Å². The predicted molar refractivity (Wildman–Crippen MR) is 66.4 cm³/mol. The molecule has 1 fully saturated rings. The summed E-state index contributed by atoms with van der Waals surface area (Å²) in [6.07, 6.45) is -0.493. The molecule has 1 rings (SSSR count). The van der Waals surface area contributed by atoms with Crippen LogP contribution < -0.4 is 4.72 Å². The van der Waals surface area contributed by atoms with Crippen LogP contribution in [-0.4, -0.2) is 69.5 Å². The number of aliphatic hydroxyl groups is 1. The van der Waals surface area contributed by atoms with Crippen LogP contribution >= 0.6 is 0 Å². The fourth-order valence-corrected chi connectivity index (χ4v) is 3.25. The van der Waals surface area contributed by atoms with Crippen molar-refractivity contribution in [3.8, 4) is 0 Å². The number of aliphatic hydroxyl groups excluding tert-OH is 1. The molecule has 108 valence electrons. The van der Waals surface area contributed by atoms with E-state index >= 15 is 0 Å². The van der Waals surface area contributed by atoms with Gasteiger partial charge in [-0.1, -0.05) is 0 Å². The minimum atomic E-state index is -3.56. The zero-order valence-corrected chi connectivity index (χ0v) is 11.9. The third kappa shape index (κ3) is 4.45. The Hall–Kier alpha value is -0.250. The quantitative estimate of drug-likeness (QED) is 0.606. The maximum Gasteiger partial charge on any atom is 0.279 e. The van der Waals surface area contributed by atoms with E-state index in [4.69, 9.17) is 14.6 Å². The molecule has 0 saturated carbocycles. The summed E-state index contributed by atoms with van der Waals surface area (Å²) in [5.74, 6) is 0. The van der Waals surface area contributed by atoms with Crippen LogP contribution in [0.4, 0.5) is 0 Å². The van der Waals surface area contributed by atoms with Gasteiger partial charge >= 0.3 is 0 Å². The topological polar surface area (TPSA) is 88.1 Å². The molecule has 0 spiro atoms. The van der Waals surface area contributed by atoms with Gasteiger partial charge in [0.2, 0.25) is 0 Å². The summed E-state index contributed by atoms with van der Waals surface area (Å²) in [7, 11) is -2.05. The highest BCUT2D eigenvalue weighted by Gasteiger charge is 2.38. The van der Waals surface area contributed by atoms with Crippen molar-refractivity contribution in [3.05, 3.63) is 0 Å². The average Bonchev–Trinajstić information content (AvgIpc) is 2.27. The molecular formula is C10H22N2O5S. The van der Waals surface area contributed by atoms with E-state index in [-0.39, 0.29) is 26.2 Å². The van der Waals surface area contributed by atoms with Gasteiger partial charge in [-0.25, -0.2) is 0 Å². The van der Waals surface area contributed by atoms with Crippen LogP contribution in [0, 0.1) is 0 Å². The van der Waals surface area contributed by atoms with Crippen molar-refractivity contribution in [3.63, 3.8) is 0 Å². The molecule has 0 radical (unpaired) electrons. The van der Waals surface area contributed by atoms with Crippen molar-refractivity contribution in [1.82, 2.24) is 9.03 Å². The van der Waals surface area contributed by atoms with E-state index in [1.54, 1.807) is 13.8 Å². The van der Waals surface area contributed by atoms with E-state index in [1.165, 1.54) is 11.4 Å². The molecule has 1 heterocycles. The third-order valence-electron chi connectivity index (χ3n) is 2.58. The Bertz CT molecular complexity index is 357. The normalized spacial score (nSPS) is 25.2. The number of hydrogen-bond donors (Lipinski definition) is 2. The van der Waals surface area contributed by atoms with Crippen molar-refractivity contribution in [1.29, 1.82) is 0 Å². The molecular weight excluding hydrogens is 260 g/mol. The molecule has 1 unspecified atom stereocenters. The van der Waals surface area contributed by atoms with Gasteiger partial charge in [0.25, 0.3) is 10.2 Å². The number of nitrogens with zero attached hydrogens (tertiary/aromatic N) is 1. The molecule has 8 heteroatoms. The highest BCUT2D eigenvalue weighted by molar-refractivity contribution is 7.87. The highest BCUT2D eigenvalue weighted by atomic mass is 32.2. The molecule has 0 amide bonds. The number of ether oxygens (including phenoxy) is 2. The van der Waals surface area contributed by atoms with Crippen molar-refractivity contribution in [2.75, 3.05) is 40.0 Å². The molecule has 0 aromatic carbocycles. The van der Waals surface area contributed by atoms with Crippen LogP contribution in [0.2, 0.25) is 0 Å². The SMILES string of the molecule is COCCNS(=O)(=O)N1CC(CO)OC(C)(C)C1.